The highest BCUT2D eigenvalue weighted by atomic mass is 32.3. The summed E-state index contributed by atoms with van der Waals surface area (Å²) in [6.45, 7) is 6.04. The highest BCUT2D eigenvalue weighted by molar-refractivity contribution is 7.95. The number of benzene rings is 2. The first-order valence-corrected chi connectivity index (χ1v) is 15.8. The summed E-state index contributed by atoms with van der Waals surface area (Å²) >= 11 is 1.14. The topological polar surface area (TPSA) is 131 Å². The van der Waals surface area contributed by atoms with Gasteiger partial charge in [-0.05, 0) is 64.6 Å². The molecular weight excluding hydrogens is 582 g/mol. The Hall–Kier alpha value is -3.58. The number of rotatable bonds is 9. The number of allylic oxidation sites excluding steroid dienone is 1. The standard InChI is InChI=1S/C30H30F2N4O4S2/c1-30(2,3)11-10-19-15-20(7-8-22(19)31)27-21(12-18-6-9-26(23(32)13-18)42(33,39)40)25(14-17-4-5-17)36(35-27)29-34-24(16-41-29)28(37)38/h6-11,13,15-17H,4-5,12,14H2,1-3H3,(H3-,33,37,38,39,40)/p+1/b11-10+. The van der Waals surface area contributed by atoms with Crippen LogP contribution in [0.25, 0.3) is 22.5 Å². The van der Waals surface area contributed by atoms with E-state index in [1.165, 1.54) is 29.6 Å². The molecule has 1 aliphatic carbocycles. The molecule has 4 aromatic rings. The van der Waals surface area contributed by atoms with Gasteiger partial charge in [-0.2, -0.15) is 9.65 Å². The van der Waals surface area contributed by atoms with Crippen LogP contribution in [-0.4, -0.2) is 30.4 Å². The zero-order valence-electron chi connectivity index (χ0n) is 23.3. The van der Waals surface area contributed by atoms with Crippen molar-refractivity contribution in [3.05, 3.63) is 87.6 Å². The van der Waals surface area contributed by atoms with Gasteiger partial charge in [0, 0.05) is 34.6 Å². The minimum atomic E-state index is -3.99. The summed E-state index contributed by atoms with van der Waals surface area (Å²) in [6.07, 6.45) is 6.54. The van der Waals surface area contributed by atoms with Crippen molar-refractivity contribution < 1.29 is 27.4 Å². The molecule has 4 N–H and O–H groups in total. The van der Waals surface area contributed by atoms with Crippen LogP contribution in [0.4, 0.5) is 8.78 Å². The van der Waals surface area contributed by atoms with Crippen LogP contribution in [0.15, 0.2) is 52.7 Å². The third-order valence-electron chi connectivity index (χ3n) is 6.89. The van der Waals surface area contributed by atoms with Crippen molar-refractivity contribution in [2.45, 2.75) is 51.3 Å². The first kappa shape index (κ1) is 29.9. The molecule has 0 saturated heterocycles. The number of aromatic nitrogens is 3. The molecule has 0 spiro atoms. The minimum Gasteiger partial charge on any atom is -0.476 e. The normalized spacial score (nSPS) is 15.3. The van der Waals surface area contributed by atoms with Crippen LogP contribution < -0.4 is 5.14 Å². The molecule has 12 heteroatoms. The van der Waals surface area contributed by atoms with Gasteiger partial charge in [-0.3, -0.25) is 0 Å². The van der Waals surface area contributed by atoms with Gasteiger partial charge < -0.3 is 5.11 Å². The summed E-state index contributed by atoms with van der Waals surface area (Å²) in [6, 6.07) is 8.62. The number of carboxylic acids is 1. The molecule has 1 fully saturated rings. The average molecular weight is 614 g/mol. The fourth-order valence-corrected chi connectivity index (χ4v) is 5.95. The largest absolute Gasteiger partial charge is 0.476 e. The van der Waals surface area contributed by atoms with Gasteiger partial charge in [0.25, 0.3) is 0 Å². The Labute approximate surface area is 247 Å². The molecule has 8 nitrogen and oxygen atoms in total. The van der Waals surface area contributed by atoms with Crippen LogP contribution in [0.5, 0.6) is 0 Å². The molecule has 2 aromatic heterocycles. The van der Waals surface area contributed by atoms with Crippen LogP contribution in [0, 0.1) is 23.0 Å². The highest BCUT2D eigenvalue weighted by Crippen LogP contribution is 2.38. The maximum absolute atomic E-state index is 14.9. The van der Waals surface area contributed by atoms with E-state index in [4.69, 9.17) is 10.2 Å². The number of carboxylic acid groups (broad SMARTS) is 1. The molecule has 1 unspecified atom stereocenters. The molecule has 220 valence electrons. The van der Waals surface area contributed by atoms with E-state index in [2.05, 4.69) is 4.98 Å². The Kier molecular flexibility index (Phi) is 8.01. The molecule has 0 bridgehead atoms. The van der Waals surface area contributed by atoms with Crippen LogP contribution in [0.1, 0.15) is 66.5 Å². The van der Waals surface area contributed by atoms with Gasteiger partial charge in [0.1, 0.15) is 5.82 Å². The van der Waals surface area contributed by atoms with E-state index in [9.17, 15) is 27.4 Å². The molecule has 1 atom stereocenters. The number of hydrogen-bond acceptors (Lipinski definition) is 5. The molecule has 2 aromatic carbocycles. The number of nitrogens with two attached hydrogens (primary N) is 1. The van der Waals surface area contributed by atoms with Gasteiger partial charge in [-0.1, -0.05) is 39.0 Å². The van der Waals surface area contributed by atoms with Crippen molar-refractivity contribution in [2.75, 3.05) is 0 Å². The lowest BCUT2D eigenvalue weighted by molar-refractivity contribution is 0.0691. The van der Waals surface area contributed by atoms with Crippen molar-refractivity contribution in [1.29, 1.82) is 0 Å². The van der Waals surface area contributed by atoms with Gasteiger partial charge in [-0.15, -0.1) is 16.5 Å². The van der Waals surface area contributed by atoms with Crippen LogP contribution >= 0.6 is 11.3 Å². The van der Waals surface area contributed by atoms with E-state index in [0.717, 1.165) is 35.4 Å². The molecule has 1 saturated carbocycles. The number of carbonyl (C=O) groups is 1. The van der Waals surface area contributed by atoms with Gasteiger partial charge in [0.05, 0.1) is 11.4 Å². The first-order chi connectivity index (χ1) is 19.7. The second-order valence-electron chi connectivity index (χ2n) is 11.6. The lowest BCUT2D eigenvalue weighted by Crippen LogP contribution is -2.22. The summed E-state index contributed by atoms with van der Waals surface area (Å²) in [5.74, 6) is -2.04. The molecule has 0 aliphatic heterocycles. The summed E-state index contributed by atoms with van der Waals surface area (Å²) < 4.78 is 52.9. The van der Waals surface area contributed by atoms with Crippen molar-refractivity contribution in [3.8, 4) is 16.4 Å². The SMILES string of the molecule is CC(C)(C)/C=C/c1cc(-c2nn(-c3nc(C(=O)O)cs3)c(CC3CC3)c2Cc2ccc([S+](N)(=O)O)c(F)c2)ccc1F. The zero-order chi connectivity index (χ0) is 30.4. The van der Waals surface area contributed by atoms with Crippen molar-refractivity contribution in [2.24, 2.45) is 16.5 Å². The van der Waals surface area contributed by atoms with E-state index in [1.807, 2.05) is 26.8 Å². The fraction of sp³-hybridized carbons (Fsp3) is 0.300. The Morgan fingerprint density at radius 1 is 1.19 bits per heavy atom. The molecule has 42 heavy (non-hydrogen) atoms. The van der Waals surface area contributed by atoms with E-state index < -0.39 is 32.9 Å². The second kappa shape index (κ2) is 11.3. The van der Waals surface area contributed by atoms with Crippen LogP contribution in [-0.2, 0) is 27.5 Å². The molecular formula is C30H31F2N4O4S2+. The predicted octanol–water partition coefficient (Wildman–Crippen LogP) is 6.78. The van der Waals surface area contributed by atoms with E-state index in [0.29, 0.717) is 39.9 Å². The molecule has 0 amide bonds. The zero-order valence-corrected chi connectivity index (χ0v) is 24.9. The Bertz CT molecular complexity index is 1750. The number of thiazole rings is 1. The van der Waals surface area contributed by atoms with Gasteiger partial charge in [-0.25, -0.2) is 23.2 Å². The molecule has 5 rings (SSSR count). The molecule has 0 radical (unpaired) electrons. The number of nitrogens with zero attached hydrogens (tertiary/aromatic N) is 3. The van der Waals surface area contributed by atoms with Gasteiger partial charge >= 0.3 is 16.4 Å². The lowest BCUT2D eigenvalue weighted by Gasteiger charge is -2.12. The van der Waals surface area contributed by atoms with Crippen molar-refractivity contribution in [1.82, 2.24) is 14.8 Å². The quantitative estimate of drug-likeness (QED) is 0.178. The third kappa shape index (κ3) is 6.73. The first-order valence-electron chi connectivity index (χ1n) is 13.3. The van der Waals surface area contributed by atoms with Crippen molar-refractivity contribution in [3.63, 3.8) is 0 Å². The minimum absolute atomic E-state index is 0.102. The molecule has 1 aliphatic rings. The predicted molar refractivity (Wildman–Crippen MR) is 159 cm³/mol. The number of hydrogen-bond donors (Lipinski definition) is 3. The third-order valence-corrected chi connectivity index (χ3v) is 8.66. The van der Waals surface area contributed by atoms with Gasteiger partial charge in [0.2, 0.25) is 10.0 Å². The Morgan fingerprint density at radius 2 is 1.93 bits per heavy atom. The average Bonchev–Trinajstić information content (AvgIpc) is 3.45. The summed E-state index contributed by atoms with van der Waals surface area (Å²) in [4.78, 5) is 15.4. The maximum Gasteiger partial charge on any atom is 0.355 e. The Morgan fingerprint density at radius 3 is 2.52 bits per heavy atom. The highest BCUT2D eigenvalue weighted by Gasteiger charge is 2.31. The van der Waals surface area contributed by atoms with E-state index in [1.54, 1.807) is 22.9 Å². The van der Waals surface area contributed by atoms with E-state index in [-0.39, 0.29) is 17.5 Å². The second-order valence-corrected chi connectivity index (χ2v) is 14.0. The molecule has 2 heterocycles. The van der Waals surface area contributed by atoms with Crippen LogP contribution in [0.2, 0.25) is 0 Å². The fourth-order valence-electron chi connectivity index (χ4n) is 4.58. The van der Waals surface area contributed by atoms with Crippen LogP contribution in [0.3, 0.4) is 0 Å². The monoisotopic (exact) mass is 613 g/mol. The lowest BCUT2D eigenvalue weighted by atomic mass is 9.94. The summed E-state index contributed by atoms with van der Waals surface area (Å²) in [7, 11) is -3.99. The summed E-state index contributed by atoms with van der Waals surface area (Å²) in [5.41, 5.74) is 3.31. The smallest absolute Gasteiger partial charge is 0.355 e. The number of halogens is 2. The Balaban J connectivity index is 1.69. The van der Waals surface area contributed by atoms with Gasteiger partial charge in [0.15, 0.2) is 11.5 Å². The maximum atomic E-state index is 14.9. The van der Waals surface area contributed by atoms with Crippen molar-refractivity contribution >= 4 is 33.8 Å². The van der Waals surface area contributed by atoms with E-state index >= 15 is 0 Å². The summed E-state index contributed by atoms with van der Waals surface area (Å²) in [5, 5.41) is 21.4. The number of aromatic carboxylic acids is 1.